The molecule has 0 spiro atoms. The van der Waals surface area contributed by atoms with E-state index in [0.717, 1.165) is 24.3 Å². The summed E-state index contributed by atoms with van der Waals surface area (Å²) in [5, 5.41) is 0.161. The van der Waals surface area contributed by atoms with Gasteiger partial charge in [-0.15, -0.1) is 0 Å². The second-order valence-corrected chi connectivity index (χ2v) is 5.91. The van der Waals surface area contributed by atoms with Gasteiger partial charge in [-0.3, -0.25) is 11.3 Å². The van der Waals surface area contributed by atoms with Crippen molar-refractivity contribution in [2.75, 3.05) is 0 Å². The van der Waals surface area contributed by atoms with Crippen LogP contribution in [0.4, 0.5) is 4.39 Å². The minimum absolute atomic E-state index is 0.0181. The van der Waals surface area contributed by atoms with Crippen molar-refractivity contribution in [1.29, 1.82) is 0 Å². The monoisotopic (exact) mass is 284 g/mol. The lowest BCUT2D eigenvalue weighted by Gasteiger charge is -2.33. The number of halogens is 2. The summed E-state index contributed by atoms with van der Waals surface area (Å²) < 4.78 is 13.6. The molecule has 1 unspecified atom stereocenters. The minimum Gasteiger partial charge on any atom is -0.271 e. The average molecular weight is 285 g/mol. The van der Waals surface area contributed by atoms with Crippen LogP contribution in [0, 0.1) is 17.7 Å². The maximum atomic E-state index is 13.6. The summed E-state index contributed by atoms with van der Waals surface area (Å²) in [7, 11) is 0. The smallest absolute Gasteiger partial charge is 0.142 e. The topological polar surface area (TPSA) is 38.0 Å². The van der Waals surface area contributed by atoms with Gasteiger partial charge >= 0.3 is 0 Å². The van der Waals surface area contributed by atoms with Gasteiger partial charge in [0.2, 0.25) is 0 Å². The van der Waals surface area contributed by atoms with Gasteiger partial charge in [-0.1, -0.05) is 43.9 Å². The van der Waals surface area contributed by atoms with Crippen LogP contribution in [-0.2, 0) is 0 Å². The Morgan fingerprint density at radius 3 is 2.58 bits per heavy atom. The van der Waals surface area contributed by atoms with Gasteiger partial charge in [-0.05, 0) is 42.4 Å². The third-order valence-corrected chi connectivity index (χ3v) is 4.73. The fourth-order valence-electron chi connectivity index (χ4n) is 3.14. The molecule has 0 aromatic heterocycles. The number of benzene rings is 1. The van der Waals surface area contributed by atoms with Crippen molar-refractivity contribution >= 4 is 11.6 Å². The van der Waals surface area contributed by atoms with E-state index < -0.39 is 0 Å². The Kier molecular flexibility index (Phi) is 5.20. The van der Waals surface area contributed by atoms with E-state index in [9.17, 15) is 4.39 Å². The van der Waals surface area contributed by atoms with Gasteiger partial charge in [0.05, 0.1) is 5.02 Å². The molecule has 0 saturated heterocycles. The van der Waals surface area contributed by atoms with Crippen LogP contribution in [0.5, 0.6) is 0 Å². The van der Waals surface area contributed by atoms with E-state index in [0.29, 0.717) is 5.92 Å². The molecule has 0 aliphatic heterocycles. The van der Waals surface area contributed by atoms with E-state index in [4.69, 9.17) is 17.4 Å². The van der Waals surface area contributed by atoms with E-state index in [2.05, 4.69) is 12.3 Å². The molecular weight excluding hydrogens is 263 g/mol. The average Bonchev–Trinajstić information content (AvgIpc) is 2.44. The van der Waals surface area contributed by atoms with Gasteiger partial charge in [0.15, 0.2) is 0 Å². The van der Waals surface area contributed by atoms with E-state index >= 15 is 0 Å². The lowest BCUT2D eigenvalue weighted by molar-refractivity contribution is 0.219. The Morgan fingerprint density at radius 1 is 1.37 bits per heavy atom. The van der Waals surface area contributed by atoms with E-state index in [1.807, 2.05) is 6.07 Å². The van der Waals surface area contributed by atoms with Crippen LogP contribution in [0.25, 0.3) is 0 Å². The summed E-state index contributed by atoms with van der Waals surface area (Å²) in [6.45, 7) is 2.25. The van der Waals surface area contributed by atoms with Crippen molar-refractivity contribution in [3.8, 4) is 0 Å². The number of nitrogens with one attached hydrogen (secondary N) is 1. The summed E-state index contributed by atoms with van der Waals surface area (Å²) >= 11 is 5.73. The van der Waals surface area contributed by atoms with Gasteiger partial charge < -0.3 is 0 Å². The molecule has 1 atom stereocenters. The molecule has 1 aliphatic carbocycles. The fourth-order valence-corrected chi connectivity index (χ4v) is 3.26. The van der Waals surface area contributed by atoms with Crippen LogP contribution in [0.1, 0.15) is 50.6 Å². The molecule has 1 fully saturated rings. The van der Waals surface area contributed by atoms with Crippen molar-refractivity contribution in [2.45, 2.75) is 45.1 Å². The van der Waals surface area contributed by atoms with Gasteiger partial charge in [-0.25, -0.2) is 4.39 Å². The highest BCUT2D eigenvalue weighted by atomic mass is 35.5. The lowest BCUT2D eigenvalue weighted by Crippen LogP contribution is -2.35. The Bertz CT molecular complexity index is 417. The third-order valence-electron chi connectivity index (χ3n) is 4.42. The van der Waals surface area contributed by atoms with Crippen LogP contribution < -0.4 is 11.3 Å². The molecule has 1 aliphatic rings. The normalized spacial score (nSPS) is 25.3. The second kappa shape index (κ2) is 6.69. The summed E-state index contributed by atoms with van der Waals surface area (Å²) in [4.78, 5) is 0. The lowest BCUT2D eigenvalue weighted by atomic mass is 9.76. The molecule has 106 valence electrons. The van der Waals surface area contributed by atoms with Crippen molar-refractivity contribution in [3.63, 3.8) is 0 Å². The summed E-state index contributed by atoms with van der Waals surface area (Å²) in [5.41, 5.74) is 3.75. The SMILES string of the molecule is CCC1CCC(C(NN)c2ccc(Cl)c(F)c2)CC1. The molecule has 4 heteroatoms. The van der Waals surface area contributed by atoms with E-state index in [1.54, 1.807) is 6.07 Å². The van der Waals surface area contributed by atoms with Gasteiger partial charge in [-0.2, -0.15) is 0 Å². The van der Waals surface area contributed by atoms with E-state index in [-0.39, 0.29) is 16.9 Å². The second-order valence-electron chi connectivity index (χ2n) is 5.51. The van der Waals surface area contributed by atoms with Crippen molar-refractivity contribution < 1.29 is 4.39 Å². The zero-order valence-electron chi connectivity index (χ0n) is 11.3. The molecule has 0 amide bonds. The zero-order chi connectivity index (χ0) is 13.8. The Morgan fingerprint density at radius 2 is 2.05 bits per heavy atom. The molecule has 19 heavy (non-hydrogen) atoms. The fraction of sp³-hybridized carbons (Fsp3) is 0.600. The molecule has 3 N–H and O–H groups in total. The molecule has 0 heterocycles. The Labute approximate surface area is 119 Å². The molecule has 1 aromatic carbocycles. The highest BCUT2D eigenvalue weighted by Gasteiger charge is 2.27. The molecule has 2 rings (SSSR count). The Balaban J connectivity index is 2.09. The maximum absolute atomic E-state index is 13.6. The van der Waals surface area contributed by atoms with Crippen molar-refractivity contribution in [1.82, 2.24) is 5.43 Å². The predicted molar refractivity (Wildman–Crippen MR) is 77.2 cm³/mol. The molecular formula is C15H22ClFN2. The quantitative estimate of drug-likeness (QED) is 0.642. The van der Waals surface area contributed by atoms with Crippen LogP contribution in [-0.4, -0.2) is 0 Å². The van der Waals surface area contributed by atoms with Gasteiger partial charge in [0.25, 0.3) is 0 Å². The molecule has 0 bridgehead atoms. The molecule has 1 saturated carbocycles. The largest absolute Gasteiger partial charge is 0.271 e. The van der Waals surface area contributed by atoms with Crippen molar-refractivity contribution in [3.05, 3.63) is 34.6 Å². The first-order chi connectivity index (χ1) is 9.15. The first kappa shape index (κ1) is 14.8. The third kappa shape index (κ3) is 3.47. The number of nitrogens with two attached hydrogens (primary N) is 1. The van der Waals surface area contributed by atoms with Gasteiger partial charge in [0, 0.05) is 6.04 Å². The number of hydrazine groups is 1. The first-order valence-corrected chi connectivity index (χ1v) is 7.44. The highest BCUT2D eigenvalue weighted by Crippen LogP contribution is 2.38. The number of rotatable bonds is 4. The Hall–Kier alpha value is -0.640. The van der Waals surface area contributed by atoms with E-state index in [1.165, 1.54) is 25.3 Å². The standard InChI is InChI=1S/C15H22ClFN2/c1-2-10-3-5-11(6-4-10)15(19-18)12-7-8-13(16)14(17)9-12/h7-11,15,19H,2-6,18H2,1H3. The summed E-state index contributed by atoms with van der Waals surface area (Å²) in [6, 6.07) is 4.99. The van der Waals surface area contributed by atoms with Crippen molar-refractivity contribution in [2.24, 2.45) is 17.7 Å². The van der Waals surface area contributed by atoms with Gasteiger partial charge in [0.1, 0.15) is 5.82 Å². The minimum atomic E-state index is -0.373. The summed E-state index contributed by atoms with van der Waals surface area (Å²) in [5.74, 6) is 6.64. The summed E-state index contributed by atoms with van der Waals surface area (Å²) in [6.07, 6.45) is 6.04. The molecule has 1 aromatic rings. The van der Waals surface area contributed by atoms with Crippen LogP contribution in [0.3, 0.4) is 0 Å². The molecule has 0 radical (unpaired) electrons. The first-order valence-electron chi connectivity index (χ1n) is 7.06. The number of hydrogen-bond donors (Lipinski definition) is 2. The van der Waals surface area contributed by atoms with Crippen LogP contribution >= 0.6 is 11.6 Å². The van der Waals surface area contributed by atoms with Crippen LogP contribution in [0.2, 0.25) is 5.02 Å². The van der Waals surface area contributed by atoms with Crippen LogP contribution in [0.15, 0.2) is 18.2 Å². The maximum Gasteiger partial charge on any atom is 0.142 e. The highest BCUT2D eigenvalue weighted by molar-refractivity contribution is 6.30. The number of hydrogen-bond acceptors (Lipinski definition) is 2. The predicted octanol–water partition coefficient (Wildman–Crippen LogP) is 4.20. The zero-order valence-corrected chi connectivity index (χ0v) is 12.1. The molecule has 2 nitrogen and oxygen atoms in total.